The molecule has 1 heterocycles. The summed E-state index contributed by atoms with van der Waals surface area (Å²) in [5.74, 6) is -0.435. The Labute approximate surface area is 118 Å². The molecule has 0 saturated heterocycles. The molecule has 20 heavy (non-hydrogen) atoms. The fraction of sp³-hybridized carbons (Fsp3) is 0.500. The third-order valence-electron chi connectivity index (χ3n) is 2.40. The van der Waals surface area contributed by atoms with Gasteiger partial charge in [0.25, 0.3) is 0 Å². The van der Waals surface area contributed by atoms with E-state index >= 15 is 0 Å². The van der Waals surface area contributed by atoms with Gasteiger partial charge in [-0.1, -0.05) is 0 Å². The van der Waals surface area contributed by atoms with E-state index in [0.717, 1.165) is 0 Å². The molecule has 0 aliphatic heterocycles. The largest absolute Gasteiger partial charge is 0.505 e. The average molecular weight is 280 g/mol. The van der Waals surface area contributed by atoms with E-state index in [2.05, 4.69) is 10.3 Å². The first-order valence-electron chi connectivity index (χ1n) is 6.35. The van der Waals surface area contributed by atoms with Crippen LogP contribution in [-0.4, -0.2) is 34.1 Å². The highest BCUT2D eigenvalue weighted by Gasteiger charge is 2.16. The molecule has 6 nitrogen and oxygen atoms in total. The van der Waals surface area contributed by atoms with Crippen LogP contribution in [0.4, 0.5) is 4.79 Å². The van der Waals surface area contributed by atoms with Crippen molar-refractivity contribution in [3.8, 4) is 5.75 Å². The van der Waals surface area contributed by atoms with Crippen molar-refractivity contribution in [2.45, 2.75) is 39.7 Å². The number of Topliss-reactive ketones (excluding diaryl/α,β-unsaturated/α-hetero) is 1. The summed E-state index contributed by atoms with van der Waals surface area (Å²) in [6.45, 7) is 6.97. The Morgan fingerprint density at radius 3 is 2.60 bits per heavy atom. The molecule has 0 spiro atoms. The number of carbonyl (C=O) groups excluding carboxylic acids is 2. The van der Waals surface area contributed by atoms with Crippen molar-refractivity contribution in [2.75, 3.05) is 6.54 Å². The Balaban J connectivity index is 2.57. The lowest BCUT2D eigenvalue weighted by Crippen LogP contribution is -2.33. The van der Waals surface area contributed by atoms with Crippen molar-refractivity contribution in [1.29, 1.82) is 0 Å². The van der Waals surface area contributed by atoms with Gasteiger partial charge in [-0.3, -0.25) is 4.79 Å². The number of hydrogen-bond acceptors (Lipinski definition) is 5. The monoisotopic (exact) mass is 280 g/mol. The number of ketones is 1. The minimum Gasteiger partial charge on any atom is -0.505 e. The van der Waals surface area contributed by atoms with Crippen LogP contribution in [0.3, 0.4) is 0 Å². The Morgan fingerprint density at radius 2 is 2.05 bits per heavy atom. The summed E-state index contributed by atoms with van der Waals surface area (Å²) in [4.78, 5) is 26.5. The lowest BCUT2D eigenvalue weighted by Gasteiger charge is -2.19. The first kappa shape index (κ1) is 15.9. The van der Waals surface area contributed by atoms with Gasteiger partial charge in [0.1, 0.15) is 17.0 Å². The third-order valence-corrected chi connectivity index (χ3v) is 2.40. The van der Waals surface area contributed by atoms with Crippen LogP contribution in [0.15, 0.2) is 12.3 Å². The van der Waals surface area contributed by atoms with E-state index in [4.69, 9.17) is 4.74 Å². The van der Waals surface area contributed by atoms with E-state index < -0.39 is 11.7 Å². The standard InChI is InChI=1S/C14H20N2O4/c1-9(17)11-12(18)10(5-7-15-11)6-8-16-13(19)20-14(2,3)4/h5,7,18H,6,8H2,1-4H3,(H,16,19). The maximum atomic E-state index is 11.4. The van der Waals surface area contributed by atoms with Crippen molar-refractivity contribution < 1.29 is 19.4 Å². The number of alkyl carbamates (subject to hydrolysis) is 1. The molecule has 1 rings (SSSR count). The second kappa shape index (κ2) is 6.36. The molecule has 0 aromatic carbocycles. The van der Waals surface area contributed by atoms with E-state index in [0.29, 0.717) is 18.5 Å². The first-order valence-corrected chi connectivity index (χ1v) is 6.35. The lowest BCUT2D eigenvalue weighted by molar-refractivity contribution is 0.0528. The summed E-state index contributed by atoms with van der Waals surface area (Å²) in [5.41, 5.74) is 0.0473. The predicted octanol–water partition coefficient (Wildman–Crippen LogP) is 2.06. The number of carbonyl (C=O) groups is 2. The van der Waals surface area contributed by atoms with Gasteiger partial charge in [0, 0.05) is 19.7 Å². The second-order valence-corrected chi connectivity index (χ2v) is 5.40. The average Bonchev–Trinajstić information content (AvgIpc) is 2.28. The van der Waals surface area contributed by atoms with E-state index in [-0.39, 0.29) is 17.2 Å². The van der Waals surface area contributed by atoms with Gasteiger partial charge in [-0.2, -0.15) is 0 Å². The molecule has 0 atom stereocenters. The van der Waals surface area contributed by atoms with Crippen LogP contribution in [0.25, 0.3) is 0 Å². The van der Waals surface area contributed by atoms with Crippen LogP contribution in [-0.2, 0) is 11.2 Å². The first-order chi connectivity index (χ1) is 9.20. The fourth-order valence-electron chi connectivity index (χ4n) is 1.57. The highest BCUT2D eigenvalue weighted by molar-refractivity contribution is 5.95. The number of aromatic nitrogens is 1. The van der Waals surface area contributed by atoms with Crippen LogP contribution in [0.2, 0.25) is 0 Å². The van der Waals surface area contributed by atoms with Gasteiger partial charge in [0.05, 0.1) is 0 Å². The van der Waals surface area contributed by atoms with Gasteiger partial charge in [-0.15, -0.1) is 0 Å². The number of nitrogens with zero attached hydrogens (tertiary/aromatic N) is 1. The number of amides is 1. The zero-order valence-corrected chi connectivity index (χ0v) is 12.2. The van der Waals surface area contributed by atoms with Crippen LogP contribution in [0.1, 0.15) is 43.7 Å². The molecule has 0 unspecified atom stereocenters. The molecule has 1 aromatic heterocycles. The van der Waals surface area contributed by atoms with E-state index in [1.807, 2.05) is 0 Å². The van der Waals surface area contributed by atoms with Crippen molar-refractivity contribution >= 4 is 11.9 Å². The number of aromatic hydroxyl groups is 1. The van der Waals surface area contributed by atoms with E-state index in [1.165, 1.54) is 13.1 Å². The number of ether oxygens (including phenoxy) is 1. The molecule has 6 heteroatoms. The van der Waals surface area contributed by atoms with Gasteiger partial charge in [-0.05, 0) is 38.8 Å². The summed E-state index contributed by atoms with van der Waals surface area (Å²) in [5, 5.41) is 12.5. The Morgan fingerprint density at radius 1 is 1.40 bits per heavy atom. The van der Waals surface area contributed by atoms with Crippen LogP contribution in [0, 0.1) is 0 Å². The van der Waals surface area contributed by atoms with Crippen molar-refractivity contribution in [1.82, 2.24) is 10.3 Å². The topological polar surface area (TPSA) is 88.5 Å². The molecular weight excluding hydrogens is 260 g/mol. The number of pyridine rings is 1. The van der Waals surface area contributed by atoms with Crippen molar-refractivity contribution in [3.63, 3.8) is 0 Å². The molecule has 0 aliphatic rings. The fourth-order valence-corrected chi connectivity index (χ4v) is 1.57. The van der Waals surface area contributed by atoms with Gasteiger partial charge >= 0.3 is 6.09 Å². The van der Waals surface area contributed by atoms with Crippen LogP contribution < -0.4 is 5.32 Å². The van der Waals surface area contributed by atoms with Gasteiger partial charge in [0.15, 0.2) is 5.78 Å². The summed E-state index contributed by atoms with van der Waals surface area (Å²) in [6, 6.07) is 1.61. The molecule has 1 aromatic rings. The molecule has 2 N–H and O–H groups in total. The van der Waals surface area contributed by atoms with Crippen molar-refractivity contribution in [3.05, 3.63) is 23.5 Å². The van der Waals surface area contributed by atoms with Crippen molar-refractivity contribution in [2.24, 2.45) is 0 Å². The number of rotatable bonds is 4. The smallest absolute Gasteiger partial charge is 0.407 e. The summed E-state index contributed by atoms with van der Waals surface area (Å²) < 4.78 is 5.09. The quantitative estimate of drug-likeness (QED) is 0.824. The minimum absolute atomic E-state index is 0.0415. The molecule has 1 amide bonds. The van der Waals surface area contributed by atoms with E-state index in [9.17, 15) is 14.7 Å². The van der Waals surface area contributed by atoms with Crippen LogP contribution >= 0.6 is 0 Å². The minimum atomic E-state index is -0.551. The molecule has 0 aliphatic carbocycles. The lowest BCUT2D eigenvalue weighted by atomic mass is 10.1. The maximum Gasteiger partial charge on any atom is 0.407 e. The number of hydrogen-bond donors (Lipinski definition) is 2. The Hall–Kier alpha value is -2.11. The highest BCUT2D eigenvalue weighted by atomic mass is 16.6. The molecule has 110 valence electrons. The van der Waals surface area contributed by atoms with Gasteiger partial charge < -0.3 is 15.2 Å². The second-order valence-electron chi connectivity index (χ2n) is 5.40. The highest BCUT2D eigenvalue weighted by Crippen LogP contribution is 2.20. The predicted molar refractivity (Wildman–Crippen MR) is 73.8 cm³/mol. The Bertz CT molecular complexity index is 506. The normalized spacial score (nSPS) is 11.0. The number of nitrogens with one attached hydrogen (secondary N) is 1. The maximum absolute atomic E-state index is 11.4. The SMILES string of the molecule is CC(=O)c1nccc(CCNC(=O)OC(C)(C)C)c1O. The van der Waals surface area contributed by atoms with E-state index in [1.54, 1.807) is 26.8 Å². The van der Waals surface area contributed by atoms with Gasteiger partial charge in [0.2, 0.25) is 0 Å². The molecule has 0 saturated carbocycles. The summed E-state index contributed by atoms with van der Waals surface area (Å²) >= 11 is 0. The Kier molecular flexibility index (Phi) is 5.07. The van der Waals surface area contributed by atoms with Crippen LogP contribution in [0.5, 0.6) is 5.75 Å². The zero-order valence-electron chi connectivity index (χ0n) is 12.2. The molecule has 0 bridgehead atoms. The third kappa shape index (κ3) is 4.87. The molecule has 0 fully saturated rings. The molecule has 0 radical (unpaired) electrons. The molecular formula is C14H20N2O4. The zero-order chi connectivity index (χ0) is 15.3. The summed E-state index contributed by atoms with van der Waals surface area (Å²) in [6.07, 6.45) is 1.32. The van der Waals surface area contributed by atoms with Gasteiger partial charge in [-0.25, -0.2) is 9.78 Å². The summed E-state index contributed by atoms with van der Waals surface area (Å²) in [7, 11) is 0.